The number of thioether (sulfide) groups is 1. The minimum atomic E-state index is -5.67. The van der Waals surface area contributed by atoms with E-state index in [-0.39, 0.29) is 22.4 Å². The second kappa shape index (κ2) is 6.95. The van der Waals surface area contributed by atoms with Crippen molar-refractivity contribution in [1.82, 2.24) is 14.5 Å². The molecule has 27 heavy (non-hydrogen) atoms. The number of alkyl halides is 5. The standard InChI is InChI=1S/C16H13F5N4OS/c1-2-27-13-4-3-5-25(26)14(13)11-6-10-12(7-22-11)24(9-23-10)8-15(17,18)16(19,20)21/h3-7,9H,2,8H2,1H3. The summed E-state index contributed by atoms with van der Waals surface area (Å²) in [6.07, 6.45) is -2.34. The van der Waals surface area contributed by atoms with E-state index < -0.39 is 18.6 Å². The number of hydrogen-bond donors (Lipinski definition) is 0. The third-order valence-electron chi connectivity index (χ3n) is 3.76. The zero-order valence-electron chi connectivity index (χ0n) is 13.9. The normalized spacial score (nSPS) is 12.7. The van der Waals surface area contributed by atoms with Crippen LogP contribution in [0, 0.1) is 5.21 Å². The van der Waals surface area contributed by atoms with E-state index in [1.165, 1.54) is 24.0 Å². The Morgan fingerprint density at radius 2 is 1.96 bits per heavy atom. The van der Waals surface area contributed by atoms with Gasteiger partial charge in [0.1, 0.15) is 5.69 Å². The Bertz CT molecular complexity index is 973. The molecule has 0 N–H and O–H groups in total. The van der Waals surface area contributed by atoms with Gasteiger partial charge in [-0.2, -0.15) is 26.7 Å². The van der Waals surface area contributed by atoms with Crippen LogP contribution in [0.15, 0.2) is 41.8 Å². The van der Waals surface area contributed by atoms with E-state index in [1.54, 1.807) is 12.1 Å². The highest BCUT2D eigenvalue weighted by atomic mass is 32.2. The largest absolute Gasteiger partial charge is 0.618 e. The molecule has 0 bridgehead atoms. The van der Waals surface area contributed by atoms with Crippen LogP contribution in [-0.4, -0.2) is 32.4 Å². The molecule has 144 valence electrons. The van der Waals surface area contributed by atoms with Gasteiger partial charge in [-0.25, -0.2) is 9.97 Å². The van der Waals surface area contributed by atoms with E-state index in [9.17, 15) is 27.2 Å². The number of pyridine rings is 2. The number of halogens is 5. The van der Waals surface area contributed by atoms with E-state index in [4.69, 9.17) is 0 Å². The maximum absolute atomic E-state index is 13.3. The van der Waals surface area contributed by atoms with E-state index in [0.717, 1.165) is 12.5 Å². The quantitative estimate of drug-likeness (QED) is 0.279. The van der Waals surface area contributed by atoms with Crippen molar-refractivity contribution in [3.8, 4) is 11.4 Å². The summed E-state index contributed by atoms with van der Waals surface area (Å²) < 4.78 is 65.2. The van der Waals surface area contributed by atoms with Gasteiger partial charge in [0.25, 0.3) is 5.69 Å². The zero-order valence-corrected chi connectivity index (χ0v) is 14.7. The van der Waals surface area contributed by atoms with Gasteiger partial charge in [0.2, 0.25) is 0 Å². The Morgan fingerprint density at radius 1 is 1.22 bits per heavy atom. The molecule has 0 aliphatic heterocycles. The number of rotatable bonds is 5. The summed E-state index contributed by atoms with van der Waals surface area (Å²) in [5, 5.41) is 12.2. The van der Waals surface area contributed by atoms with Gasteiger partial charge in [0.05, 0.1) is 35.0 Å². The average Bonchev–Trinajstić information content (AvgIpc) is 2.96. The summed E-state index contributed by atoms with van der Waals surface area (Å²) in [5.41, 5.74) is 0.693. The predicted molar refractivity (Wildman–Crippen MR) is 89.3 cm³/mol. The molecule has 0 unspecified atom stereocenters. The lowest BCUT2D eigenvalue weighted by molar-refractivity contribution is -0.595. The van der Waals surface area contributed by atoms with Crippen LogP contribution in [0.25, 0.3) is 22.4 Å². The highest BCUT2D eigenvalue weighted by Gasteiger charge is 2.57. The highest BCUT2D eigenvalue weighted by molar-refractivity contribution is 7.99. The SMILES string of the molecule is CCSc1ccc[n+]([O-])c1-c1cc2ncn(CC(F)(F)C(F)(F)F)c2cn1. The summed E-state index contributed by atoms with van der Waals surface area (Å²) in [7, 11) is 0. The second-order valence-corrected chi connectivity index (χ2v) is 6.92. The number of imidazole rings is 1. The first-order chi connectivity index (χ1) is 12.6. The monoisotopic (exact) mass is 404 g/mol. The zero-order chi connectivity index (χ0) is 19.8. The van der Waals surface area contributed by atoms with Crippen LogP contribution in [0.4, 0.5) is 22.0 Å². The van der Waals surface area contributed by atoms with Crippen molar-refractivity contribution in [2.75, 3.05) is 5.75 Å². The molecule has 0 amide bonds. The third kappa shape index (κ3) is 3.68. The molecular weight excluding hydrogens is 391 g/mol. The van der Waals surface area contributed by atoms with Gasteiger partial charge < -0.3 is 9.77 Å². The van der Waals surface area contributed by atoms with Crippen molar-refractivity contribution < 1.29 is 26.7 Å². The lowest BCUT2D eigenvalue weighted by Gasteiger charge is -2.20. The van der Waals surface area contributed by atoms with E-state index in [0.29, 0.717) is 19.9 Å². The summed E-state index contributed by atoms with van der Waals surface area (Å²) in [6.45, 7) is 0.313. The first-order valence-electron chi connectivity index (χ1n) is 7.75. The minimum Gasteiger partial charge on any atom is -0.618 e. The van der Waals surface area contributed by atoms with Gasteiger partial charge in [0.15, 0.2) is 6.20 Å². The first-order valence-corrected chi connectivity index (χ1v) is 8.73. The van der Waals surface area contributed by atoms with Crippen LogP contribution >= 0.6 is 11.8 Å². The maximum atomic E-state index is 13.3. The Balaban J connectivity index is 2.03. The number of nitrogens with zero attached hydrogens (tertiary/aromatic N) is 4. The van der Waals surface area contributed by atoms with Crippen molar-refractivity contribution in [1.29, 1.82) is 0 Å². The molecule has 3 heterocycles. The van der Waals surface area contributed by atoms with Crippen molar-refractivity contribution in [2.45, 2.75) is 30.5 Å². The van der Waals surface area contributed by atoms with Gasteiger partial charge in [-0.15, -0.1) is 11.8 Å². The number of fused-ring (bicyclic) bond motifs is 1. The molecule has 3 rings (SSSR count). The van der Waals surface area contributed by atoms with Gasteiger partial charge in [-0.1, -0.05) is 6.92 Å². The van der Waals surface area contributed by atoms with E-state index >= 15 is 0 Å². The van der Waals surface area contributed by atoms with Crippen LogP contribution in [0.5, 0.6) is 0 Å². The summed E-state index contributed by atoms with van der Waals surface area (Å²) in [4.78, 5) is 8.64. The molecular formula is C16H13F5N4OS. The molecule has 0 aliphatic carbocycles. The molecule has 3 aromatic heterocycles. The van der Waals surface area contributed by atoms with Crippen LogP contribution in [-0.2, 0) is 6.54 Å². The molecule has 0 radical (unpaired) electrons. The minimum absolute atomic E-state index is 0.0146. The molecule has 0 fully saturated rings. The molecule has 0 aliphatic rings. The van der Waals surface area contributed by atoms with Gasteiger partial charge in [0, 0.05) is 6.07 Å². The fraction of sp³-hybridized carbons (Fsp3) is 0.312. The molecule has 5 nitrogen and oxygen atoms in total. The van der Waals surface area contributed by atoms with Gasteiger partial charge in [-0.05, 0) is 17.9 Å². The highest BCUT2D eigenvalue weighted by Crippen LogP contribution is 2.37. The number of hydrogen-bond acceptors (Lipinski definition) is 4. The summed E-state index contributed by atoms with van der Waals surface area (Å²) in [5.74, 6) is -4.19. The topological polar surface area (TPSA) is 57.6 Å². The van der Waals surface area contributed by atoms with Crippen molar-refractivity contribution >= 4 is 22.8 Å². The van der Waals surface area contributed by atoms with Crippen LogP contribution < -0.4 is 4.73 Å². The Hall–Kier alpha value is -2.43. The van der Waals surface area contributed by atoms with Gasteiger partial charge in [-0.3, -0.25) is 0 Å². The lowest BCUT2D eigenvalue weighted by Crippen LogP contribution is -2.40. The molecule has 3 aromatic rings. The molecule has 0 saturated carbocycles. The van der Waals surface area contributed by atoms with E-state index in [2.05, 4.69) is 9.97 Å². The van der Waals surface area contributed by atoms with Crippen molar-refractivity contribution in [2.24, 2.45) is 0 Å². The molecule has 0 aromatic carbocycles. The van der Waals surface area contributed by atoms with Crippen LogP contribution in [0.2, 0.25) is 0 Å². The molecule has 0 saturated heterocycles. The summed E-state index contributed by atoms with van der Waals surface area (Å²) >= 11 is 1.42. The maximum Gasteiger partial charge on any atom is 0.455 e. The van der Waals surface area contributed by atoms with Crippen molar-refractivity contribution in [3.05, 3.63) is 42.1 Å². The van der Waals surface area contributed by atoms with Crippen molar-refractivity contribution in [3.63, 3.8) is 0 Å². The fourth-order valence-electron chi connectivity index (χ4n) is 2.50. The number of aromatic nitrogens is 4. The van der Waals surface area contributed by atoms with Crippen LogP contribution in [0.3, 0.4) is 0 Å². The lowest BCUT2D eigenvalue weighted by atomic mass is 10.2. The first kappa shape index (κ1) is 19.3. The fourth-order valence-corrected chi connectivity index (χ4v) is 3.31. The van der Waals surface area contributed by atoms with Gasteiger partial charge >= 0.3 is 12.1 Å². The Kier molecular flexibility index (Phi) is 4.98. The Labute approximate surface area is 154 Å². The smallest absolute Gasteiger partial charge is 0.455 e. The Morgan fingerprint density at radius 3 is 2.63 bits per heavy atom. The van der Waals surface area contributed by atoms with E-state index in [1.807, 2.05) is 6.92 Å². The summed E-state index contributed by atoms with van der Waals surface area (Å²) in [6, 6.07) is 4.72. The molecule has 0 atom stereocenters. The second-order valence-electron chi connectivity index (χ2n) is 5.61. The average molecular weight is 404 g/mol. The molecule has 11 heteroatoms. The van der Waals surface area contributed by atoms with Crippen LogP contribution in [0.1, 0.15) is 6.92 Å². The molecule has 0 spiro atoms. The predicted octanol–water partition coefficient (Wildman–Crippen LogP) is 4.04. The third-order valence-corrected chi connectivity index (χ3v) is 4.69.